The molecule has 0 saturated carbocycles. The molecule has 2 aromatic rings. The van der Waals surface area contributed by atoms with Gasteiger partial charge in [0.15, 0.2) is 0 Å². The molecule has 0 bridgehead atoms. The van der Waals surface area contributed by atoms with Crippen molar-refractivity contribution in [2.75, 3.05) is 19.0 Å². The molecule has 30 heavy (non-hydrogen) atoms. The minimum Gasteiger partial charge on any atom is -0.497 e. The molecule has 1 aliphatic rings. The number of benzene rings is 1. The van der Waals surface area contributed by atoms with Crippen LogP contribution in [-0.4, -0.2) is 47.2 Å². The standard InChI is InChI=1S/C24H36N4O2/c1-16(2)13-21-23(29)28(24(4,5)27-21)12-8-9-17(3)26-20-15-19(30-6)14-18-10-7-11-25-22(18)20/h7,10-11,14-17,21,26-27H,8-9,12-13H2,1-6H3/t17?,21-/m1/s1. The van der Waals surface area contributed by atoms with Gasteiger partial charge in [0.1, 0.15) is 5.75 Å². The highest BCUT2D eigenvalue weighted by molar-refractivity contribution is 5.92. The summed E-state index contributed by atoms with van der Waals surface area (Å²) in [5.74, 6) is 1.55. The quantitative estimate of drug-likeness (QED) is 0.639. The van der Waals surface area contributed by atoms with Crippen LogP contribution in [0.2, 0.25) is 0 Å². The number of nitrogens with zero attached hydrogens (tertiary/aromatic N) is 2. The van der Waals surface area contributed by atoms with Crippen molar-refractivity contribution in [1.82, 2.24) is 15.2 Å². The molecule has 6 heteroatoms. The number of fused-ring (bicyclic) bond motifs is 1. The molecular formula is C24H36N4O2. The Morgan fingerprint density at radius 3 is 2.77 bits per heavy atom. The molecule has 0 aliphatic carbocycles. The Kier molecular flexibility index (Phi) is 6.86. The molecule has 3 rings (SSSR count). The fourth-order valence-corrected chi connectivity index (χ4v) is 4.34. The highest BCUT2D eigenvalue weighted by Gasteiger charge is 2.43. The van der Waals surface area contributed by atoms with E-state index in [9.17, 15) is 4.79 Å². The van der Waals surface area contributed by atoms with Gasteiger partial charge < -0.3 is 15.0 Å². The van der Waals surface area contributed by atoms with E-state index >= 15 is 0 Å². The second kappa shape index (κ2) is 9.21. The summed E-state index contributed by atoms with van der Waals surface area (Å²) in [5, 5.41) is 8.15. The van der Waals surface area contributed by atoms with Gasteiger partial charge in [0, 0.05) is 30.2 Å². The highest BCUT2D eigenvalue weighted by atomic mass is 16.5. The third kappa shape index (κ3) is 5.04. The molecule has 1 aliphatic heterocycles. The Morgan fingerprint density at radius 2 is 2.07 bits per heavy atom. The van der Waals surface area contributed by atoms with Gasteiger partial charge in [-0.1, -0.05) is 19.9 Å². The zero-order chi connectivity index (χ0) is 21.9. The Hall–Kier alpha value is -2.34. The number of pyridine rings is 1. The van der Waals surface area contributed by atoms with Gasteiger partial charge in [0.05, 0.1) is 30.0 Å². The van der Waals surface area contributed by atoms with Crippen molar-refractivity contribution >= 4 is 22.5 Å². The predicted octanol–water partition coefficient (Wildman–Crippen LogP) is 4.41. The van der Waals surface area contributed by atoms with Crippen LogP contribution in [0.5, 0.6) is 5.75 Å². The number of ether oxygens (including phenoxy) is 1. The van der Waals surface area contributed by atoms with Gasteiger partial charge in [-0.25, -0.2) is 0 Å². The molecule has 2 atom stereocenters. The lowest BCUT2D eigenvalue weighted by Gasteiger charge is -2.31. The molecule has 1 unspecified atom stereocenters. The molecule has 0 radical (unpaired) electrons. The van der Waals surface area contributed by atoms with Crippen molar-refractivity contribution in [3.63, 3.8) is 0 Å². The van der Waals surface area contributed by atoms with Gasteiger partial charge in [-0.05, 0) is 58.1 Å². The van der Waals surface area contributed by atoms with E-state index in [2.05, 4.69) is 50.2 Å². The maximum atomic E-state index is 12.9. The van der Waals surface area contributed by atoms with Crippen molar-refractivity contribution < 1.29 is 9.53 Å². The van der Waals surface area contributed by atoms with Gasteiger partial charge in [-0.3, -0.25) is 15.1 Å². The van der Waals surface area contributed by atoms with E-state index in [1.807, 2.05) is 35.4 Å². The first kappa shape index (κ1) is 22.3. The van der Waals surface area contributed by atoms with Gasteiger partial charge >= 0.3 is 0 Å². The first-order valence-corrected chi connectivity index (χ1v) is 11.0. The normalized spacial score (nSPS) is 19.5. The van der Waals surface area contributed by atoms with Crippen molar-refractivity contribution in [3.05, 3.63) is 30.5 Å². The second-order valence-electron chi connectivity index (χ2n) is 9.31. The van der Waals surface area contributed by atoms with Crippen LogP contribution in [0.4, 0.5) is 5.69 Å². The van der Waals surface area contributed by atoms with Crippen LogP contribution >= 0.6 is 0 Å². The molecule has 2 N–H and O–H groups in total. The average Bonchev–Trinajstić information content (AvgIpc) is 2.89. The number of amides is 1. The first-order chi connectivity index (χ1) is 14.2. The number of nitrogens with one attached hydrogen (secondary N) is 2. The van der Waals surface area contributed by atoms with Crippen LogP contribution in [0.15, 0.2) is 30.5 Å². The monoisotopic (exact) mass is 412 g/mol. The summed E-state index contributed by atoms with van der Waals surface area (Å²) in [6, 6.07) is 8.17. The topological polar surface area (TPSA) is 66.5 Å². The Balaban J connectivity index is 1.60. The zero-order valence-electron chi connectivity index (χ0n) is 19.2. The maximum absolute atomic E-state index is 12.9. The van der Waals surface area contributed by atoms with Crippen LogP contribution in [0, 0.1) is 5.92 Å². The van der Waals surface area contributed by atoms with Crippen LogP contribution < -0.4 is 15.4 Å². The molecule has 1 fully saturated rings. The SMILES string of the molecule is COc1cc(NC(C)CCCN2C(=O)[C@@H](CC(C)C)NC2(C)C)c2ncccc2c1. The summed E-state index contributed by atoms with van der Waals surface area (Å²) >= 11 is 0. The summed E-state index contributed by atoms with van der Waals surface area (Å²) in [4.78, 5) is 19.4. The number of carbonyl (C=O) groups excluding carboxylic acids is 1. The van der Waals surface area contributed by atoms with E-state index in [1.54, 1.807) is 7.11 Å². The van der Waals surface area contributed by atoms with Crippen LogP contribution in [0.1, 0.15) is 53.9 Å². The summed E-state index contributed by atoms with van der Waals surface area (Å²) in [7, 11) is 1.68. The van der Waals surface area contributed by atoms with Crippen LogP contribution in [0.3, 0.4) is 0 Å². The number of rotatable bonds is 9. The predicted molar refractivity (Wildman–Crippen MR) is 123 cm³/mol. The number of hydrogen-bond donors (Lipinski definition) is 2. The van der Waals surface area contributed by atoms with E-state index in [0.717, 1.165) is 48.1 Å². The van der Waals surface area contributed by atoms with E-state index in [1.165, 1.54) is 0 Å². The van der Waals surface area contributed by atoms with Crippen molar-refractivity contribution in [2.24, 2.45) is 5.92 Å². The Bertz CT molecular complexity index is 881. The molecule has 164 valence electrons. The summed E-state index contributed by atoms with van der Waals surface area (Å²) in [6.07, 6.45) is 4.59. The third-order valence-electron chi connectivity index (χ3n) is 5.81. The van der Waals surface area contributed by atoms with Crippen LogP contribution in [0.25, 0.3) is 10.9 Å². The fraction of sp³-hybridized carbons (Fsp3) is 0.583. The van der Waals surface area contributed by atoms with Gasteiger partial charge in [0.25, 0.3) is 0 Å². The van der Waals surface area contributed by atoms with Gasteiger partial charge in [0.2, 0.25) is 5.91 Å². The molecule has 1 saturated heterocycles. The molecule has 1 amide bonds. The number of anilines is 1. The molecular weight excluding hydrogens is 376 g/mol. The van der Waals surface area contributed by atoms with Crippen molar-refractivity contribution in [1.29, 1.82) is 0 Å². The summed E-state index contributed by atoms with van der Waals surface area (Å²) in [5.41, 5.74) is 1.63. The Labute approximate surface area is 180 Å². The summed E-state index contributed by atoms with van der Waals surface area (Å²) in [6.45, 7) is 11.5. The first-order valence-electron chi connectivity index (χ1n) is 11.0. The van der Waals surface area contributed by atoms with E-state index in [4.69, 9.17) is 4.74 Å². The maximum Gasteiger partial charge on any atom is 0.241 e. The third-order valence-corrected chi connectivity index (χ3v) is 5.81. The molecule has 1 aromatic heterocycles. The minimum atomic E-state index is -0.291. The lowest BCUT2D eigenvalue weighted by molar-refractivity contribution is -0.131. The number of methoxy groups -OCH3 is 1. The number of carbonyl (C=O) groups is 1. The van der Waals surface area contributed by atoms with Crippen molar-refractivity contribution in [2.45, 2.75) is 71.6 Å². The molecule has 0 spiro atoms. The molecule has 1 aromatic carbocycles. The van der Waals surface area contributed by atoms with Crippen LogP contribution in [-0.2, 0) is 4.79 Å². The highest BCUT2D eigenvalue weighted by Crippen LogP contribution is 2.29. The smallest absolute Gasteiger partial charge is 0.241 e. The van der Waals surface area contributed by atoms with E-state index in [-0.39, 0.29) is 23.7 Å². The van der Waals surface area contributed by atoms with E-state index < -0.39 is 0 Å². The summed E-state index contributed by atoms with van der Waals surface area (Å²) < 4.78 is 5.45. The Morgan fingerprint density at radius 1 is 1.30 bits per heavy atom. The lowest BCUT2D eigenvalue weighted by atomic mass is 10.0. The fourth-order valence-electron chi connectivity index (χ4n) is 4.34. The average molecular weight is 413 g/mol. The molecule has 6 nitrogen and oxygen atoms in total. The number of aromatic nitrogens is 1. The number of hydrogen-bond acceptors (Lipinski definition) is 5. The second-order valence-corrected chi connectivity index (χ2v) is 9.31. The van der Waals surface area contributed by atoms with Gasteiger partial charge in [-0.2, -0.15) is 0 Å². The molecule has 2 heterocycles. The van der Waals surface area contributed by atoms with Crippen molar-refractivity contribution in [3.8, 4) is 5.75 Å². The zero-order valence-corrected chi connectivity index (χ0v) is 19.2. The lowest BCUT2D eigenvalue weighted by Crippen LogP contribution is -2.47. The minimum absolute atomic E-state index is 0.0650. The van der Waals surface area contributed by atoms with E-state index in [0.29, 0.717) is 5.92 Å². The largest absolute Gasteiger partial charge is 0.497 e. The van der Waals surface area contributed by atoms with Gasteiger partial charge in [-0.15, -0.1) is 0 Å².